The highest BCUT2D eigenvalue weighted by Gasteiger charge is 2.43. The second kappa shape index (κ2) is 11.4. The predicted octanol–water partition coefficient (Wildman–Crippen LogP) is 1.66. The highest BCUT2D eigenvalue weighted by atomic mass is 16.4. The van der Waals surface area contributed by atoms with Crippen LogP contribution in [-0.2, 0) is 0 Å². The molecular weight excluding hydrogens is 294 g/mol. The highest BCUT2D eigenvalue weighted by Crippen LogP contribution is 2.26. The molecule has 0 heterocycles. The Labute approximate surface area is 141 Å². The van der Waals surface area contributed by atoms with Crippen molar-refractivity contribution in [2.75, 3.05) is 13.1 Å². The van der Waals surface area contributed by atoms with Gasteiger partial charge >= 0.3 is 0 Å². The van der Waals surface area contributed by atoms with Gasteiger partial charge < -0.3 is 20.4 Å². The first-order chi connectivity index (χ1) is 11.0. The van der Waals surface area contributed by atoms with E-state index in [-0.39, 0.29) is 6.04 Å². The van der Waals surface area contributed by atoms with Crippen molar-refractivity contribution in [3.05, 3.63) is 0 Å². The van der Waals surface area contributed by atoms with E-state index in [1.807, 2.05) is 0 Å². The fourth-order valence-electron chi connectivity index (χ4n) is 3.48. The van der Waals surface area contributed by atoms with Crippen molar-refractivity contribution in [3.8, 4) is 0 Å². The fraction of sp³-hybridized carbons (Fsp3) is 1.00. The maximum absolute atomic E-state index is 10.3. The number of rotatable bonds is 11. The van der Waals surface area contributed by atoms with E-state index >= 15 is 0 Å². The van der Waals surface area contributed by atoms with E-state index < -0.39 is 24.4 Å². The van der Waals surface area contributed by atoms with E-state index in [9.17, 15) is 20.4 Å². The van der Waals surface area contributed by atoms with Crippen LogP contribution in [0.25, 0.3) is 0 Å². The summed E-state index contributed by atoms with van der Waals surface area (Å²) < 4.78 is 0. The van der Waals surface area contributed by atoms with E-state index in [1.165, 1.54) is 38.5 Å². The van der Waals surface area contributed by atoms with Crippen LogP contribution < -0.4 is 0 Å². The summed E-state index contributed by atoms with van der Waals surface area (Å²) in [4.78, 5) is 2.22. The maximum atomic E-state index is 10.3. The molecule has 0 saturated heterocycles. The SMILES string of the molecule is CCCCCCN(CCCCCC)[C@H]1C[C@@H](O)[C@H](O)[C@@H](O)[C@H]1O. The smallest absolute Gasteiger partial charge is 0.110 e. The second-order valence-electron chi connectivity index (χ2n) is 7.00. The van der Waals surface area contributed by atoms with Gasteiger partial charge in [0.05, 0.1) is 12.2 Å². The Bertz CT molecular complexity index is 291. The second-order valence-corrected chi connectivity index (χ2v) is 7.00. The van der Waals surface area contributed by atoms with Gasteiger partial charge in [0.2, 0.25) is 0 Å². The summed E-state index contributed by atoms with van der Waals surface area (Å²) in [5.41, 5.74) is 0. The van der Waals surface area contributed by atoms with Gasteiger partial charge in [-0.25, -0.2) is 0 Å². The minimum atomic E-state index is -1.27. The molecule has 23 heavy (non-hydrogen) atoms. The minimum absolute atomic E-state index is 0.272. The van der Waals surface area contributed by atoms with Crippen molar-refractivity contribution in [2.24, 2.45) is 0 Å². The molecule has 5 atom stereocenters. The zero-order valence-electron chi connectivity index (χ0n) is 14.9. The van der Waals surface area contributed by atoms with Crippen molar-refractivity contribution in [3.63, 3.8) is 0 Å². The molecule has 1 rings (SSSR count). The number of hydrogen-bond acceptors (Lipinski definition) is 5. The summed E-state index contributed by atoms with van der Waals surface area (Å²) in [5, 5.41) is 40.0. The van der Waals surface area contributed by atoms with Crippen LogP contribution in [0.5, 0.6) is 0 Å². The molecule has 0 aromatic carbocycles. The molecule has 5 heteroatoms. The third kappa shape index (κ3) is 6.67. The van der Waals surface area contributed by atoms with Crippen LogP contribution >= 0.6 is 0 Å². The van der Waals surface area contributed by atoms with Crippen molar-refractivity contribution in [1.82, 2.24) is 4.90 Å². The van der Waals surface area contributed by atoms with Gasteiger partial charge in [-0.05, 0) is 32.4 Å². The summed E-state index contributed by atoms with van der Waals surface area (Å²) in [6.07, 6.45) is 5.11. The molecule has 4 N–H and O–H groups in total. The van der Waals surface area contributed by atoms with Gasteiger partial charge in [-0.15, -0.1) is 0 Å². The van der Waals surface area contributed by atoms with E-state index in [0.717, 1.165) is 25.9 Å². The van der Waals surface area contributed by atoms with Crippen LogP contribution in [0.3, 0.4) is 0 Å². The van der Waals surface area contributed by atoms with Crippen LogP contribution in [0, 0.1) is 0 Å². The van der Waals surface area contributed by atoms with Crippen molar-refractivity contribution in [1.29, 1.82) is 0 Å². The Morgan fingerprint density at radius 2 is 1.22 bits per heavy atom. The van der Waals surface area contributed by atoms with Crippen LogP contribution in [0.15, 0.2) is 0 Å². The molecule has 0 spiro atoms. The molecule has 0 unspecified atom stereocenters. The Kier molecular flexibility index (Phi) is 10.3. The molecule has 0 aromatic rings. The first kappa shape index (κ1) is 20.8. The van der Waals surface area contributed by atoms with Gasteiger partial charge in [-0.1, -0.05) is 52.4 Å². The van der Waals surface area contributed by atoms with E-state index in [4.69, 9.17) is 0 Å². The van der Waals surface area contributed by atoms with Gasteiger partial charge in [0, 0.05) is 6.04 Å². The van der Waals surface area contributed by atoms with Crippen molar-refractivity contribution in [2.45, 2.75) is 102 Å². The fourth-order valence-corrected chi connectivity index (χ4v) is 3.48. The molecule has 0 bridgehead atoms. The normalized spacial score (nSPS) is 31.7. The molecule has 1 aliphatic carbocycles. The number of nitrogens with zero attached hydrogens (tertiary/aromatic N) is 1. The van der Waals surface area contributed by atoms with E-state index in [2.05, 4.69) is 18.7 Å². The number of unbranched alkanes of at least 4 members (excludes halogenated alkanes) is 6. The van der Waals surface area contributed by atoms with Gasteiger partial charge in [0.1, 0.15) is 12.2 Å². The monoisotopic (exact) mass is 331 g/mol. The lowest BCUT2D eigenvalue weighted by molar-refractivity contribution is -0.164. The molecule has 1 fully saturated rings. The van der Waals surface area contributed by atoms with Gasteiger partial charge in [0.25, 0.3) is 0 Å². The molecule has 0 radical (unpaired) electrons. The minimum Gasteiger partial charge on any atom is -0.390 e. The summed E-state index contributed by atoms with van der Waals surface area (Å²) in [6.45, 7) is 6.12. The third-order valence-corrected chi connectivity index (χ3v) is 5.04. The Morgan fingerprint density at radius 1 is 0.696 bits per heavy atom. The van der Waals surface area contributed by atoms with Crippen molar-refractivity contribution >= 4 is 0 Å². The molecule has 0 aliphatic heterocycles. The summed E-state index contributed by atoms with van der Waals surface area (Å²) in [5.74, 6) is 0. The highest BCUT2D eigenvalue weighted by molar-refractivity contribution is 4.97. The average molecular weight is 331 g/mol. The predicted molar refractivity (Wildman–Crippen MR) is 92.3 cm³/mol. The lowest BCUT2D eigenvalue weighted by Gasteiger charge is -2.44. The van der Waals surface area contributed by atoms with Crippen LogP contribution in [0.2, 0.25) is 0 Å². The lowest BCUT2D eigenvalue weighted by Crippen LogP contribution is -2.61. The average Bonchev–Trinajstić information content (AvgIpc) is 2.55. The molecule has 0 amide bonds. The number of hydrogen-bond donors (Lipinski definition) is 4. The first-order valence-electron chi connectivity index (χ1n) is 9.49. The van der Waals surface area contributed by atoms with Gasteiger partial charge in [-0.2, -0.15) is 0 Å². The van der Waals surface area contributed by atoms with Crippen LogP contribution in [0.4, 0.5) is 0 Å². The van der Waals surface area contributed by atoms with Gasteiger partial charge in [-0.3, -0.25) is 4.90 Å². The number of aliphatic hydroxyl groups is 4. The Balaban J connectivity index is 2.60. The third-order valence-electron chi connectivity index (χ3n) is 5.04. The van der Waals surface area contributed by atoms with E-state index in [1.54, 1.807) is 0 Å². The van der Waals surface area contributed by atoms with Crippen molar-refractivity contribution < 1.29 is 20.4 Å². The van der Waals surface area contributed by atoms with Gasteiger partial charge in [0.15, 0.2) is 0 Å². The zero-order valence-corrected chi connectivity index (χ0v) is 14.9. The summed E-state index contributed by atoms with van der Waals surface area (Å²) in [7, 11) is 0. The summed E-state index contributed by atoms with van der Waals surface area (Å²) >= 11 is 0. The first-order valence-corrected chi connectivity index (χ1v) is 9.49. The largest absolute Gasteiger partial charge is 0.390 e. The quantitative estimate of drug-likeness (QED) is 0.433. The molecule has 138 valence electrons. The lowest BCUT2D eigenvalue weighted by atomic mass is 9.84. The topological polar surface area (TPSA) is 84.2 Å². The molecule has 5 nitrogen and oxygen atoms in total. The molecular formula is C18H37NO4. The molecule has 0 aromatic heterocycles. The Morgan fingerprint density at radius 3 is 1.70 bits per heavy atom. The number of aliphatic hydroxyl groups excluding tert-OH is 4. The van der Waals surface area contributed by atoms with E-state index in [0.29, 0.717) is 6.42 Å². The van der Waals surface area contributed by atoms with Crippen LogP contribution in [0.1, 0.15) is 71.6 Å². The Hall–Kier alpha value is -0.200. The summed E-state index contributed by atoms with van der Waals surface area (Å²) in [6, 6.07) is -0.272. The maximum Gasteiger partial charge on any atom is 0.110 e. The molecule has 1 saturated carbocycles. The standard InChI is InChI=1S/C18H37NO4/c1-3-5-7-9-11-19(12-10-8-6-4-2)14-13-15(20)17(22)18(23)16(14)21/h14-18,20-23H,3-13H2,1-2H3/t14-,15+,16-,17-,18-/m0/s1. The molecule has 1 aliphatic rings. The zero-order chi connectivity index (χ0) is 17.2. The van der Waals surface area contributed by atoms with Crippen LogP contribution in [-0.4, -0.2) is 68.9 Å².